The maximum atomic E-state index is 11.8. The maximum Gasteiger partial charge on any atom is 0.306 e. The van der Waals surface area contributed by atoms with Crippen molar-refractivity contribution in [1.82, 2.24) is 5.32 Å². The second-order valence-electron chi connectivity index (χ2n) is 5.56. The first-order valence-corrected chi connectivity index (χ1v) is 8.30. The molecule has 0 bridgehead atoms. The number of amides is 1. The van der Waals surface area contributed by atoms with Gasteiger partial charge in [-0.25, -0.2) is 0 Å². The highest BCUT2D eigenvalue weighted by atomic mass is 16.5. The monoisotopic (exact) mass is 357 g/mol. The molecule has 0 unspecified atom stereocenters. The van der Waals surface area contributed by atoms with Gasteiger partial charge in [0, 0.05) is 18.5 Å². The number of hydrogen-bond donors (Lipinski definition) is 1. The number of carbonyl (C=O) groups is 2. The van der Waals surface area contributed by atoms with Crippen LogP contribution in [0.5, 0.6) is 11.5 Å². The van der Waals surface area contributed by atoms with Crippen LogP contribution in [0.1, 0.15) is 17.5 Å². The zero-order chi connectivity index (χ0) is 18.8. The molecule has 0 saturated heterocycles. The standard InChI is InChI=1S/C20H23NO5/c1-24-17-9-5-3-7-15(17)11-12-20(23)26-14-19(22)21-13-16-8-4-6-10-18(16)25-2/h3-10H,11-14H2,1-2H3,(H,21,22). The van der Waals surface area contributed by atoms with E-state index in [-0.39, 0.29) is 18.9 Å². The van der Waals surface area contributed by atoms with Gasteiger partial charge < -0.3 is 19.5 Å². The van der Waals surface area contributed by atoms with E-state index in [0.29, 0.717) is 18.7 Å². The van der Waals surface area contributed by atoms with Gasteiger partial charge in [0.05, 0.1) is 14.2 Å². The zero-order valence-corrected chi connectivity index (χ0v) is 15.0. The number of nitrogens with one attached hydrogen (secondary N) is 1. The quantitative estimate of drug-likeness (QED) is 0.698. The molecule has 0 aliphatic rings. The number of carbonyl (C=O) groups excluding carboxylic acids is 2. The van der Waals surface area contributed by atoms with Gasteiger partial charge in [0.2, 0.25) is 0 Å². The summed E-state index contributed by atoms with van der Waals surface area (Å²) in [6, 6.07) is 14.9. The van der Waals surface area contributed by atoms with Crippen LogP contribution in [0.15, 0.2) is 48.5 Å². The van der Waals surface area contributed by atoms with Crippen LogP contribution in [-0.4, -0.2) is 32.7 Å². The molecule has 0 saturated carbocycles. The Balaban J connectivity index is 1.72. The summed E-state index contributed by atoms with van der Waals surface area (Å²) < 4.78 is 15.5. The number of hydrogen-bond acceptors (Lipinski definition) is 5. The second kappa shape index (κ2) is 10.1. The number of rotatable bonds is 9. The Morgan fingerprint density at radius 1 is 0.885 bits per heavy atom. The van der Waals surface area contributed by atoms with Gasteiger partial charge >= 0.3 is 5.97 Å². The topological polar surface area (TPSA) is 73.9 Å². The number of benzene rings is 2. The summed E-state index contributed by atoms with van der Waals surface area (Å²) in [7, 11) is 3.16. The van der Waals surface area contributed by atoms with E-state index >= 15 is 0 Å². The molecule has 1 N–H and O–H groups in total. The first-order valence-electron chi connectivity index (χ1n) is 8.30. The summed E-state index contributed by atoms with van der Waals surface area (Å²) in [4.78, 5) is 23.7. The van der Waals surface area contributed by atoms with Crippen LogP contribution in [0.25, 0.3) is 0 Å². The summed E-state index contributed by atoms with van der Waals surface area (Å²) in [5.74, 6) is 0.640. The molecule has 0 fully saturated rings. The highest BCUT2D eigenvalue weighted by Gasteiger charge is 2.10. The van der Waals surface area contributed by atoms with Crippen molar-refractivity contribution in [2.45, 2.75) is 19.4 Å². The van der Waals surface area contributed by atoms with Crippen LogP contribution in [0.2, 0.25) is 0 Å². The van der Waals surface area contributed by atoms with Gasteiger partial charge in [0.25, 0.3) is 5.91 Å². The van der Waals surface area contributed by atoms with Gasteiger partial charge in [-0.15, -0.1) is 0 Å². The molecule has 2 rings (SSSR count). The number of aryl methyl sites for hydroxylation is 1. The Labute approximate surface area is 153 Å². The van der Waals surface area contributed by atoms with Crippen LogP contribution in [-0.2, 0) is 27.3 Å². The minimum atomic E-state index is -0.427. The smallest absolute Gasteiger partial charge is 0.306 e. The molecule has 0 radical (unpaired) electrons. The van der Waals surface area contributed by atoms with Crippen LogP contribution in [0, 0.1) is 0 Å². The lowest BCUT2D eigenvalue weighted by molar-refractivity contribution is -0.148. The first kappa shape index (κ1) is 19.3. The van der Waals surface area contributed by atoms with Crippen molar-refractivity contribution >= 4 is 11.9 Å². The fraction of sp³-hybridized carbons (Fsp3) is 0.300. The summed E-state index contributed by atoms with van der Waals surface area (Å²) in [6.45, 7) is 0.00151. The molecule has 0 aliphatic carbocycles. The van der Waals surface area contributed by atoms with Crippen molar-refractivity contribution in [3.63, 3.8) is 0 Å². The molecular weight excluding hydrogens is 334 g/mol. The van der Waals surface area contributed by atoms with Crippen molar-refractivity contribution in [3.8, 4) is 11.5 Å². The number of ether oxygens (including phenoxy) is 3. The Kier molecular flexibility index (Phi) is 7.49. The molecule has 2 aromatic rings. The van der Waals surface area contributed by atoms with Gasteiger partial charge in [0.1, 0.15) is 11.5 Å². The summed E-state index contributed by atoms with van der Waals surface area (Å²) >= 11 is 0. The predicted octanol–water partition coefficient (Wildman–Crippen LogP) is 2.50. The first-order chi connectivity index (χ1) is 12.6. The van der Waals surface area contributed by atoms with Crippen molar-refractivity contribution in [2.24, 2.45) is 0 Å². The van der Waals surface area contributed by atoms with E-state index in [0.717, 1.165) is 16.9 Å². The SMILES string of the molecule is COc1ccccc1CCC(=O)OCC(=O)NCc1ccccc1OC. The highest BCUT2D eigenvalue weighted by Crippen LogP contribution is 2.19. The van der Waals surface area contributed by atoms with E-state index in [4.69, 9.17) is 14.2 Å². The van der Waals surface area contributed by atoms with Gasteiger partial charge in [-0.05, 0) is 24.1 Å². The lowest BCUT2D eigenvalue weighted by Gasteiger charge is -2.10. The van der Waals surface area contributed by atoms with Crippen LogP contribution < -0.4 is 14.8 Å². The molecule has 6 nitrogen and oxygen atoms in total. The third-order valence-electron chi connectivity index (χ3n) is 3.82. The number of esters is 1. The third kappa shape index (κ3) is 5.81. The van der Waals surface area contributed by atoms with E-state index in [1.807, 2.05) is 48.5 Å². The molecule has 6 heteroatoms. The van der Waals surface area contributed by atoms with Crippen molar-refractivity contribution in [2.75, 3.05) is 20.8 Å². The minimum Gasteiger partial charge on any atom is -0.496 e. The average Bonchev–Trinajstić information content (AvgIpc) is 2.69. The molecule has 0 spiro atoms. The minimum absolute atomic E-state index is 0.181. The molecule has 0 heterocycles. The summed E-state index contributed by atoms with van der Waals surface area (Å²) in [5, 5.41) is 2.70. The van der Waals surface area contributed by atoms with Crippen molar-refractivity contribution in [1.29, 1.82) is 0 Å². The lowest BCUT2D eigenvalue weighted by atomic mass is 10.1. The number of para-hydroxylation sites is 2. The number of methoxy groups -OCH3 is 2. The highest BCUT2D eigenvalue weighted by molar-refractivity contribution is 5.80. The molecule has 0 aliphatic heterocycles. The normalized spacial score (nSPS) is 10.1. The van der Waals surface area contributed by atoms with Gasteiger partial charge in [-0.2, -0.15) is 0 Å². The maximum absolute atomic E-state index is 11.8. The molecule has 26 heavy (non-hydrogen) atoms. The predicted molar refractivity (Wildman–Crippen MR) is 97.1 cm³/mol. The molecule has 0 aromatic heterocycles. The zero-order valence-electron chi connectivity index (χ0n) is 15.0. The van der Waals surface area contributed by atoms with Crippen molar-refractivity contribution < 1.29 is 23.8 Å². The van der Waals surface area contributed by atoms with E-state index in [9.17, 15) is 9.59 Å². The summed E-state index contributed by atoms with van der Waals surface area (Å²) in [5.41, 5.74) is 1.78. The Bertz CT molecular complexity index is 681. The van der Waals surface area contributed by atoms with Gasteiger partial charge in [0.15, 0.2) is 6.61 Å². The van der Waals surface area contributed by atoms with Crippen LogP contribution in [0.3, 0.4) is 0 Å². The Morgan fingerprint density at radius 2 is 1.46 bits per heavy atom. The largest absolute Gasteiger partial charge is 0.496 e. The average molecular weight is 357 g/mol. The van der Waals surface area contributed by atoms with Gasteiger partial charge in [-0.1, -0.05) is 36.4 Å². The fourth-order valence-corrected chi connectivity index (χ4v) is 2.46. The molecule has 1 amide bonds. The van der Waals surface area contributed by atoms with E-state index < -0.39 is 5.97 Å². The summed E-state index contributed by atoms with van der Waals surface area (Å²) in [6.07, 6.45) is 0.672. The van der Waals surface area contributed by atoms with E-state index in [2.05, 4.69) is 5.32 Å². The second-order valence-corrected chi connectivity index (χ2v) is 5.56. The third-order valence-corrected chi connectivity index (χ3v) is 3.82. The molecular formula is C20H23NO5. The fourth-order valence-electron chi connectivity index (χ4n) is 2.46. The van der Waals surface area contributed by atoms with Crippen molar-refractivity contribution in [3.05, 3.63) is 59.7 Å². The Hall–Kier alpha value is -3.02. The molecule has 0 atom stereocenters. The Morgan fingerprint density at radius 3 is 2.12 bits per heavy atom. The van der Waals surface area contributed by atoms with Gasteiger partial charge in [-0.3, -0.25) is 9.59 Å². The van der Waals surface area contributed by atoms with Crippen LogP contribution in [0.4, 0.5) is 0 Å². The molecule has 138 valence electrons. The van der Waals surface area contributed by atoms with Crippen LogP contribution >= 0.6 is 0 Å². The lowest BCUT2D eigenvalue weighted by Crippen LogP contribution is -2.28. The van der Waals surface area contributed by atoms with E-state index in [1.54, 1.807) is 14.2 Å². The molecule has 2 aromatic carbocycles. The van der Waals surface area contributed by atoms with E-state index in [1.165, 1.54) is 0 Å².